The Morgan fingerprint density at radius 2 is 1.60 bits per heavy atom. The van der Waals surface area contributed by atoms with Crippen LogP contribution < -0.4 is 4.74 Å². The SMILES string of the molecule is CCC(C)CCCCc1ccc(C2CCc3cc(OCCCCCC(CC)C4CC4)c(F)c(F)c3C2(F)F)cc1. The van der Waals surface area contributed by atoms with Crippen molar-refractivity contribution >= 4 is 0 Å². The number of rotatable bonds is 16. The Bertz CT molecular complexity index is 1080. The van der Waals surface area contributed by atoms with E-state index in [1.807, 2.05) is 12.1 Å². The van der Waals surface area contributed by atoms with E-state index in [0.717, 1.165) is 61.8 Å². The highest BCUT2D eigenvalue weighted by Crippen LogP contribution is 2.51. The van der Waals surface area contributed by atoms with Gasteiger partial charge in [-0.15, -0.1) is 0 Å². The molecule has 2 aromatic rings. The summed E-state index contributed by atoms with van der Waals surface area (Å²) in [6.07, 6.45) is 13.9. The third-order valence-electron chi connectivity index (χ3n) is 9.51. The zero-order valence-corrected chi connectivity index (χ0v) is 24.7. The van der Waals surface area contributed by atoms with E-state index in [2.05, 4.69) is 20.8 Å². The first-order chi connectivity index (χ1) is 19.3. The van der Waals surface area contributed by atoms with Crippen LogP contribution in [0.1, 0.15) is 126 Å². The molecule has 0 bridgehead atoms. The molecule has 2 aliphatic carbocycles. The molecule has 222 valence electrons. The van der Waals surface area contributed by atoms with Gasteiger partial charge in [-0.1, -0.05) is 90.0 Å². The summed E-state index contributed by atoms with van der Waals surface area (Å²) in [6, 6.07) is 8.61. The Kier molecular flexibility index (Phi) is 11.0. The molecule has 0 heterocycles. The molecule has 0 N–H and O–H groups in total. The number of halogens is 4. The first-order valence-corrected chi connectivity index (χ1v) is 15.9. The lowest BCUT2D eigenvalue weighted by atomic mass is 9.76. The van der Waals surface area contributed by atoms with Gasteiger partial charge in [0, 0.05) is 0 Å². The van der Waals surface area contributed by atoms with Crippen molar-refractivity contribution in [3.8, 4) is 5.75 Å². The second-order valence-corrected chi connectivity index (χ2v) is 12.5. The summed E-state index contributed by atoms with van der Waals surface area (Å²) in [5.74, 6) is -5.24. The van der Waals surface area contributed by atoms with Crippen molar-refractivity contribution in [3.05, 3.63) is 64.2 Å². The van der Waals surface area contributed by atoms with Crippen molar-refractivity contribution in [2.75, 3.05) is 6.61 Å². The Labute approximate surface area is 239 Å². The number of aryl methyl sites for hydroxylation is 2. The summed E-state index contributed by atoms with van der Waals surface area (Å²) in [4.78, 5) is 0. The van der Waals surface area contributed by atoms with Crippen molar-refractivity contribution < 1.29 is 22.3 Å². The first-order valence-electron chi connectivity index (χ1n) is 15.9. The van der Waals surface area contributed by atoms with Gasteiger partial charge in [0.1, 0.15) is 0 Å². The lowest BCUT2D eigenvalue weighted by Crippen LogP contribution is -2.32. The molecule has 0 radical (unpaired) electrons. The summed E-state index contributed by atoms with van der Waals surface area (Å²) in [5, 5.41) is 0. The molecular formula is C35H48F4O. The third kappa shape index (κ3) is 7.62. The monoisotopic (exact) mass is 560 g/mol. The number of alkyl halides is 2. The Hall–Kier alpha value is -2.04. The topological polar surface area (TPSA) is 9.23 Å². The van der Waals surface area contributed by atoms with Crippen LogP contribution in [0.25, 0.3) is 0 Å². The van der Waals surface area contributed by atoms with Gasteiger partial charge in [0.2, 0.25) is 5.82 Å². The van der Waals surface area contributed by atoms with Crippen molar-refractivity contribution in [1.29, 1.82) is 0 Å². The lowest BCUT2D eigenvalue weighted by molar-refractivity contribution is -0.0474. The van der Waals surface area contributed by atoms with Crippen LogP contribution in [-0.4, -0.2) is 6.61 Å². The molecule has 0 aromatic heterocycles. The zero-order valence-electron chi connectivity index (χ0n) is 24.7. The Balaban J connectivity index is 1.33. The van der Waals surface area contributed by atoms with Gasteiger partial charge in [-0.3, -0.25) is 0 Å². The molecule has 40 heavy (non-hydrogen) atoms. The average Bonchev–Trinajstić information content (AvgIpc) is 3.78. The zero-order chi connectivity index (χ0) is 28.7. The van der Waals surface area contributed by atoms with Crippen LogP contribution in [0.2, 0.25) is 0 Å². The second-order valence-electron chi connectivity index (χ2n) is 12.5. The van der Waals surface area contributed by atoms with Crippen LogP contribution in [0.4, 0.5) is 17.6 Å². The normalized spacial score (nSPS) is 19.7. The van der Waals surface area contributed by atoms with Crippen LogP contribution in [-0.2, 0) is 18.8 Å². The van der Waals surface area contributed by atoms with Crippen molar-refractivity contribution in [1.82, 2.24) is 0 Å². The minimum Gasteiger partial charge on any atom is -0.490 e. The summed E-state index contributed by atoms with van der Waals surface area (Å²) < 4.78 is 67.0. The maximum Gasteiger partial charge on any atom is 0.283 e. The highest BCUT2D eigenvalue weighted by molar-refractivity contribution is 5.45. The second kappa shape index (κ2) is 14.2. The number of hydrogen-bond acceptors (Lipinski definition) is 1. The molecule has 4 rings (SSSR count). The highest BCUT2D eigenvalue weighted by Gasteiger charge is 2.49. The van der Waals surface area contributed by atoms with E-state index in [-0.39, 0.29) is 30.8 Å². The van der Waals surface area contributed by atoms with Crippen molar-refractivity contribution in [2.45, 2.75) is 123 Å². The van der Waals surface area contributed by atoms with E-state index in [4.69, 9.17) is 4.74 Å². The van der Waals surface area contributed by atoms with Crippen LogP contribution in [0.5, 0.6) is 5.75 Å². The number of ether oxygens (including phenoxy) is 1. The Morgan fingerprint density at radius 3 is 2.27 bits per heavy atom. The summed E-state index contributed by atoms with van der Waals surface area (Å²) in [6.45, 7) is 6.98. The van der Waals surface area contributed by atoms with E-state index in [0.29, 0.717) is 5.56 Å². The van der Waals surface area contributed by atoms with Gasteiger partial charge < -0.3 is 4.74 Å². The average molecular weight is 561 g/mol. The fraction of sp³-hybridized carbons (Fsp3) is 0.657. The molecule has 3 unspecified atom stereocenters. The van der Waals surface area contributed by atoms with E-state index in [9.17, 15) is 4.39 Å². The largest absolute Gasteiger partial charge is 0.490 e. The summed E-state index contributed by atoms with van der Waals surface area (Å²) in [5.41, 5.74) is 0.961. The van der Waals surface area contributed by atoms with E-state index in [1.165, 1.54) is 44.6 Å². The van der Waals surface area contributed by atoms with Gasteiger partial charge in [0.15, 0.2) is 11.6 Å². The third-order valence-corrected chi connectivity index (χ3v) is 9.51. The van der Waals surface area contributed by atoms with Gasteiger partial charge in [-0.25, -0.2) is 13.2 Å². The van der Waals surface area contributed by atoms with Gasteiger partial charge in [-0.05, 0) is 85.5 Å². The molecule has 3 atom stereocenters. The quantitative estimate of drug-likeness (QED) is 0.147. The molecule has 0 aliphatic heterocycles. The maximum atomic E-state index is 15.7. The van der Waals surface area contributed by atoms with Gasteiger partial charge in [0.25, 0.3) is 5.92 Å². The maximum absolute atomic E-state index is 15.7. The molecule has 0 amide bonds. The number of fused-ring (bicyclic) bond motifs is 1. The number of benzene rings is 2. The van der Waals surface area contributed by atoms with Crippen molar-refractivity contribution in [3.63, 3.8) is 0 Å². The minimum atomic E-state index is -3.49. The van der Waals surface area contributed by atoms with Crippen LogP contribution >= 0.6 is 0 Å². The van der Waals surface area contributed by atoms with Gasteiger partial charge >= 0.3 is 0 Å². The molecule has 1 fully saturated rings. The standard InChI is InChI=1S/C35H48F4O/c1-4-24(3)11-8-9-12-25-14-16-28(17-15-25)30-21-20-29-23-31(33(36)34(37)32(29)35(30,38)39)40-22-10-6-7-13-26(5-2)27-18-19-27/h14-17,23-24,26-27,30H,4-13,18-22H2,1-3H3. The highest BCUT2D eigenvalue weighted by atomic mass is 19.3. The molecule has 2 aromatic carbocycles. The van der Waals surface area contributed by atoms with Crippen LogP contribution in [0.15, 0.2) is 30.3 Å². The van der Waals surface area contributed by atoms with E-state index < -0.39 is 29.0 Å². The molecule has 1 saturated carbocycles. The smallest absolute Gasteiger partial charge is 0.283 e. The van der Waals surface area contributed by atoms with Crippen LogP contribution in [0, 0.1) is 29.4 Å². The molecule has 5 heteroatoms. The summed E-state index contributed by atoms with van der Waals surface area (Å²) in [7, 11) is 0. The molecule has 0 spiro atoms. The lowest BCUT2D eigenvalue weighted by Gasteiger charge is -2.34. The Morgan fingerprint density at radius 1 is 0.875 bits per heavy atom. The predicted molar refractivity (Wildman–Crippen MR) is 155 cm³/mol. The fourth-order valence-electron chi connectivity index (χ4n) is 6.50. The molecule has 1 nitrogen and oxygen atoms in total. The van der Waals surface area contributed by atoms with Gasteiger partial charge in [-0.2, -0.15) is 4.39 Å². The molecular weight excluding hydrogens is 512 g/mol. The van der Waals surface area contributed by atoms with Crippen molar-refractivity contribution in [2.24, 2.45) is 17.8 Å². The van der Waals surface area contributed by atoms with E-state index in [1.54, 1.807) is 12.1 Å². The van der Waals surface area contributed by atoms with E-state index >= 15 is 13.2 Å². The minimum absolute atomic E-state index is 0.156. The number of unbranched alkanes of at least 4 members (excludes halogenated alkanes) is 3. The predicted octanol–water partition coefficient (Wildman–Crippen LogP) is 10.9. The fourth-order valence-corrected chi connectivity index (χ4v) is 6.50. The molecule has 2 aliphatic rings. The summed E-state index contributed by atoms with van der Waals surface area (Å²) >= 11 is 0. The molecule has 0 saturated heterocycles. The number of hydrogen-bond donors (Lipinski definition) is 0. The van der Waals surface area contributed by atoms with Crippen LogP contribution in [0.3, 0.4) is 0 Å². The first kappa shape index (κ1) is 30.9. The van der Waals surface area contributed by atoms with Gasteiger partial charge in [0.05, 0.1) is 18.1 Å².